The van der Waals surface area contributed by atoms with Crippen molar-refractivity contribution >= 4 is 26.0 Å². The highest BCUT2D eigenvalue weighted by Gasteiger charge is 2.09. The smallest absolute Gasteiger partial charge is 0.282 e. The van der Waals surface area contributed by atoms with Gasteiger partial charge in [-0.2, -0.15) is 8.42 Å². The fourth-order valence-corrected chi connectivity index (χ4v) is 1.69. The van der Waals surface area contributed by atoms with E-state index >= 15 is 0 Å². The Morgan fingerprint density at radius 1 is 1.31 bits per heavy atom. The van der Waals surface area contributed by atoms with Crippen LogP contribution in [0.5, 0.6) is 0 Å². The van der Waals surface area contributed by atoms with E-state index in [1.165, 1.54) is 12.1 Å². The first-order valence-electron chi connectivity index (χ1n) is 3.63. The van der Waals surface area contributed by atoms with Crippen LogP contribution in [0, 0.1) is 0 Å². The summed E-state index contributed by atoms with van der Waals surface area (Å²) >= 11 is 3.35. The number of hydrogen-bond donors (Lipinski definition) is 1. The summed E-state index contributed by atoms with van der Waals surface area (Å²) in [6, 6.07) is 6.07. The third-order valence-electron chi connectivity index (χ3n) is 1.64. The summed E-state index contributed by atoms with van der Waals surface area (Å²) in [6.45, 7) is 1.93. The SMILES string of the molecule is CC(Br)c1ccc(S(=O)(=O)O)cc1. The van der Waals surface area contributed by atoms with Crippen molar-refractivity contribution in [2.24, 2.45) is 0 Å². The molecule has 1 N–H and O–H groups in total. The molecule has 5 heteroatoms. The molecule has 1 aromatic rings. The van der Waals surface area contributed by atoms with Crippen molar-refractivity contribution in [3.05, 3.63) is 29.8 Å². The van der Waals surface area contributed by atoms with E-state index in [0.717, 1.165) is 5.56 Å². The summed E-state index contributed by atoms with van der Waals surface area (Å²) in [5.74, 6) is 0. The van der Waals surface area contributed by atoms with E-state index in [1.54, 1.807) is 12.1 Å². The zero-order chi connectivity index (χ0) is 10.1. The molecule has 0 bridgehead atoms. The summed E-state index contributed by atoms with van der Waals surface area (Å²) in [6.07, 6.45) is 0. The molecule has 0 fully saturated rings. The van der Waals surface area contributed by atoms with E-state index in [1.807, 2.05) is 6.92 Å². The Balaban J connectivity index is 3.08. The largest absolute Gasteiger partial charge is 0.294 e. The van der Waals surface area contributed by atoms with Crippen molar-refractivity contribution in [3.8, 4) is 0 Å². The molecule has 0 saturated heterocycles. The lowest BCUT2D eigenvalue weighted by Gasteiger charge is -2.03. The van der Waals surface area contributed by atoms with Gasteiger partial charge >= 0.3 is 0 Å². The lowest BCUT2D eigenvalue weighted by Crippen LogP contribution is -1.97. The lowest BCUT2D eigenvalue weighted by molar-refractivity contribution is 0.483. The Morgan fingerprint density at radius 2 is 1.77 bits per heavy atom. The van der Waals surface area contributed by atoms with Crippen molar-refractivity contribution in [1.82, 2.24) is 0 Å². The average Bonchev–Trinajstić information content (AvgIpc) is 2.03. The van der Waals surface area contributed by atoms with Gasteiger partial charge in [-0.25, -0.2) is 0 Å². The van der Waals surface area contributed by atoms with E-state index < -0.39 is 10.1 Å². The van der Waals surface area contributed by atoms with Crippen LogP contribution in [0.2, 0.25) is 0 Å². The predicted molar refractivity (Wildman–Crippen MR) is 53.6 cm³/mol. The van der Waals surface area contributed by atoms with E-state index in [-0.39, 0.29) is 9.72 Å². The number of alkyl halides is 1. The molecule has 0 radical (unpaired) electrons. The van der Waals surface area contributed by atoms with Gasteiger partial charge in [0.15, 0.2) is 0 Å². The van der Waals surface area contributed by atoms with Crippen LogP contribution in [0.25, 0.3) is 0 Å². The number of rotatable bonds is 2. The summed E-state index contributed by atoms with van der Waals surface area (Å²) in [5, 5.41) is 0. The maximum atomic E-state index is 10.7. The van der Waals surface area contributed by atoms with Gasteiger partial charge in [0.2, 0.25) is 0 Å². The first kappa shape index (κ1) is 10.7. The Labute approximate surface area is 85.7 Å². The number of benzene rings is 1. The van der Waals surface area contributed by atoms with Gasteiger partial charge in [-0.15, -0.1) is 0 Å². The standard InChI is InChI=1S/C8H9BrO3S/c1-6(9)7-2-4-8(5-3-7)13(10,11)12/h2-6H,1H3,(H,10,11,12). The molecule has 0 spiro atoms. The summed E-state index contributed by atoms with van der Waals surface area (Å²) in [4.78, 5) is 0.0901. The molecule has 1 rings (SSSR count). The van der Waals surface area contributed by atoms with Gasteiger partial charge in [-0.1, -0.05) is 28.1 Å². The third-order valence-corrected chi connectivity index (χ3v) is 3.03. The second kappa shape index (κ2) is 3.77. The lowest BCUT2D eigenvalue weighted by atomic mass is 10.2. The van der Waals surface area contributed by atoms with Crippen LogP contribution in [0.3, 0.4) is 0 Å². The minimum atomic E-state index is -4.06. The molecule has 3 nitrogen and oxygen atoms in total. The highest BCUT2D eigenvalue weighted by molar-refractivity contribution is 9.09. The maximum absolute atomic E-state index is 10.7. The van der Waals surface area contributed by atoms with Crippen LogP contribution in [0.4, 0.5) is 0 Å². The molecule has 0 aliphatic rings. The molecular weight excluding hydrogens is 256 g/mol. The Bertz CT molecular complexity index is 380. The fourth-order valence-electron chi connectivity index (χ4n) is 0.905. The minimum Gasteiger partial charge on any atom is -0.282 e. The van der Waals surface area contributed by atoms with Crippen molar-refractivity contribution in [1.29, 1.82) is 0 Å². The molecule has 13 heavy (non-hydrogen) atoms. The fraction of sp³-hybridized carbons (Fsp3) is 0.250. The quantitative estimate of drug-likeness (QED) is 0.659. The van der Waals surface area contributed by atoms with Gasteiger partial charge in [0.1, 0.15) is 0 Å². The first-order chi connectivity index (χ1) is 5.91. The van der Waals surface area contributed by atoms with Crippen LogP contribution < -0.4 is 0 Å². The maximum Gasteiger partial charge on any atom is 0.294 e. The summed E-state index contributed by atoms with van der Waals surface area (Å²) in [7, 11) is -4.06. The average molecular weight is 265 g/mol. The Kier molecular flexibility index (Phi) is 3.10. The zero-order valence-electron chi connectivity index (χ0n) is 6.94. The first-order valence-corrected chi connectivity index (χ1v) is 5.98. The molecule has 1 unspecified atom stereocenters. The van der Waals surface area contributed by atoms with Crippen molar-refractivity contribution in [2.45, 2.75) is 16.6 Å². The van der Waals surface area contributed by atoms with Crippen LogP contribution in [0.1, 0.15) is 17.3 Å². The Hall–Kier alpha value is -0.390. The van der Waals surface area contributed by atoms with E-state index in [2.05, 4.69) is 15.9 Å². The van der Waals surface area contributed by atoms with Crippen molar-refractivity contribution < 1.29 is 13.0 Å². The normalized spacial score (nSPS) is 14.1. The molecule has 1 aromatic carbocycles. The third kappa shape index (κ3) is 2.79. The van der Waals surface area contributed by atoms with Crippen molar-refractivity contribution in [3.63, 3.8) is 0 Å². The molecule has 0 saturated carbocycles. The van der Waals surface area contributed by atoms with E-state index in [9.17, 15) is 8.42 Å². The second-order valence-electron chi connectivity index (χ2n) is 2.66. The van der Waals surface area contributed by atoms with Gasteiger partial charge in [0, 0.05) is 4.83 Å². The molecule has 0 aliphatic carbocycles. The van der Waals surface area contributed by atoms with Gasteiger partial charge in [0.25, 0.3) is 10.1 Å². The molecule has 1 atom stereocenters. The highest BCUT2D eigenvalue weighted by Crippen LogP contribution is 2.22. The molecule has 0 aliphatic heterocycles. The highest BCUT2D eigenvalue weighted by atomic mass is 79.9. The van der Waals surface area contributed by atoms with Crippen LogP contribution in [0.15, 0.2) is 29.2 Å². The monoisotopic (exact) mass is 264 g/mol. The van der Waals surface area contributed by atoms with E-state index in [0.29, 0.717) is 0 Å². The molecular formula is C8H9BrO3S. The number of hydrogen-bond acceptors (Lipinski definition) is 2. The van der Waals surface area contributed by atoms with Gasteiger partial charge in [-0.05, 0) is 24.6 Å². The molecule has 72 valence electrons. The van der Waals surface area contributed by atoms with E-state index in [4.69, 9.17) is 4.55 Å². The van der Waals surface area contributed by atoms with Crippen LogP contribution >= 0.6 is 15.9 Å². The van der Waals surface area contributed by atoms with Gasteiger partial charge < -0.3 is 0 Å². The topological polar surface area (TPSA) is 54.4 Å². The van der Waals surface area contributed by atoms with Gasteiger partial charge in [-0.3, -0.25) is 4.55 Å². The zero-order valence-corrected chi connectivity index (χ0v) is 9.34. The van der Waals surface area contributed by atoms with Crippen molar-refractivity contribution in [2.75, 3.05) is 0 Å². The number of halogens is 1. The predicted octanol–water partition coefficient (Wildman–Crippen LogP) is 2.39. The van der Waals surface area contributed by atoms with Gasteiger partial charge in [0.05, 0.1) is 4.90 Å². The van der Waals surface area contributed by atoms with Crippen LogP contribution in [-0.4, -0.2) is 13.0 Å². The van der Waals surface area contributed by atoms with Crippen LogP contribution in [-0.2, 0) is 10.1 Å². The minimum absolute atomic E-state index is 0.0793. The molecule has 0 heterocycles. The molecule has 0 aromatic heterocycles. The summed E-state index contributed by atoms with van der Waals surface area (Å²) in [5.41, 5.74) is 0.965. The Morgan fingerprint density at radius 3 is 2.08 bits per heavy atom. The molecule has 0 amide bonds. The second-order valence-corrected chi connectivity index (χ2v) is 5.46. The summed E-state index contributed by atoms with van der Waals surface area (Å²) < 4.78 is 30.0.